The standard InChI is InChI=1S/C6H7NO7P2/c7-3-5-4(9)2(1-8,16(4,12)14-5)13-6(3,10)15(3,5)11/h8-10H,1,7H2/t2-,3+,4+,5+,6+,15?,16?/m1/s1. The van der Waals surface area contributed by atoms with Crippen LogP contribution >= 0.6 is 14.5 Å². The maximum absolute atomic E-state index is 12.2. The molecule has 0 aromatic heterocycles. The summed E-state index contributed by atoms with van der Waals surface area (Å²) in [5, 5.41) is 22.2. The normalized spacial score (nSPS) is 88.8. The molecular weight excluding hydrogens is 260 g/mol. The van der Waals surface area contributed by atoms with Crippen LogP contribution in [0.5, 0.6) is 0 Å². The fourth-order valence-electron chi connectivity index (χ4n) is 3.94. The first-order valence-electron chi connectivity index (χ1n) is 4.68. The van der Waals surface area contributed by atoms with E-state index in [4.69, 9.17) is 20.1 Å². The molecule has 8 nitrogen and oxygen atoms in total. The molecule has 0 amide bonds. The zero-order valence-corrected chi connectivity index (χ0v) is 9.44. The number of rotatable bonds is 1. The lowest BCUT2D eigenvalue weighted by atomic mass is 9.97. The molecule has 0 aromatic carbocycles. The summed E-state index contributed by atoms with van der Waals surface area (Å²) >= 11 is 0. The van der Waals surface area contributed by atoms with Crippen LogP contribution in [0.3, 0.4) is 0 Å². The molecule has 5 N–H and O–H groups in total. The Bertz CT molecular complexity index is 622. The van der Waals surface area contributed by atoms with Gasteiger partial charge >= 0.3 is 0 Å². The van der Waals surface area contributed by atoms with E-state index < -0.39 is 48.0 Å². The lowest BCUT2D eigenvalue weighted by Crippen LogP contribution is -2.67. The highest BCUT2D eigenvalue weighted by Gasteiger charge is 3.35. The molecule has 6 fully saturated rings. The number of nitrogens with two attached hydrogens (primary N) is 1. The molecular formula is C6H7NO7P2. The van der Waals surface area contributed by atoms with E-state index in [9.17, 15) is 19.3 Å². The van der Waals surface area contributed by atoms with Gasteiger partial charge < -0.3 is 34.9 Å². The van der Waals surface area contributed by atoms with Gasteiger partial charge in [0.15, 0.2) is 5.28 Å². The van der Waals surface area contributed by atoms with Gasteiger partial charge in [-0.1, -0.05) is 0 Å². The van der Waals surface area contributed by atoms with Crippen LogP contribution < -0.4 is 5.73 Å². The van der Waals surface area contributed by atoms with Crippen LogP contribution in [0.15, 0.2) is 0 Å². The molecule has 88 valence electrons. The first kappa shape index (κ1) is 9.19. The monoisotopic (exact) mass is 267 g/mol. The molecule has 10 heteroatoms. The zero-order valence-electron chi connectivity index (χ0n) is 7.65. The molecule has 0 saturated carbocycles. The predicted octanol–water partition coefficient (Wildman–Crippen LogP) is -1.90. The van der Waals surface area contributed by atoms with Gasteiger partial charge in [-0.25, -0.2) is 0 Å². The third kappa shape index (κ3) is 0.305. The van der Waals surface area contributed by atoms with Crippen molar-refractivity contribution in [2.75, 3.05) is 6.61 Å². The van der Waals surface area contributed by atoms with Gasteiger partial charge in [0.1, 0.15) is 0 Å². The third-order valence-corrected chi connectivity index (χ3v) is 12.7. The van der Waals surface area contributed by atoms with E-state index in [1.54, 1.807) is 0 Å². The second-order valence-corrected chi connectivity index (χ2v) is 10.8. The van der Waals surface area contributed by atoms with Gasteiger partial charge in [0.2, 0.25) is 23.2 Å². The van der Waals surface area contributed by atoms with E-state index in [-0.39, 0.29) is 0 Å². The van der Waals surface area contributed by atoms with Crippen LogP contribution in [-0.4, -0.2) is 48.8 Å². The summed E-state index contributed by atoms with van der Waals surface area (Å²) in [6.45, 7) is -0.763. The smallest absolute Gasteiger partial charge is 0.279 e. The molecule has 1 spiro atoms. The van der Waals surface area contributed by atoms with Crippen molar-refractivity contribution in [2.24, 2.45) is 5.73 Å². The summed E-state index contributed by atoms with van der Waals surface area (Å²) in [5.41, 5.74) is 3.61. The quantitative estimate of drug-likeness (QED) is 0.404. The highest BCUT2D eigenvalue weighted by Crippen LogP contribution is 3.29. The van der Waals surface area contributed by atoms with Crippen molar-refractivity contribution < 1.29 is 33.7 Å². The average molecular weight is 267 g/mol. The predicted molar refractivity (Wildman–Crippen MR) is 46.7 cm³/mol. The second kappa shape index (κ2) is 1.51. The Hall–Kier alpha value is 0.220. The Kier molecular flexibility index (Phi) is 0.864. The molecule has 0 radical (unpaired) electrons. The molecule has 6 aliphatic heterocycles. The molecule has 0 aliphatic carbocycles. The van der Waals surface area contributed by atoms with E-state index in [2.05, 4.69) is 0 Å². The summed E-state index contributed by atoms with van der Waals surface area (Å²) < 4.78 is 34.3. The van der Waals surface area contributed by atoms with Gasteiger partial charge in [-0.15, -0.1) is 0 Å². The summed E-state index contributed by atoms with van der Waals surface area (Å²) in [7, 11) is -7.03. The first-order chi connectivity index (χ1) is 7.22. The van der Waals surface area contributed by atoms with E-state index in [0.29, 0.717) is 0 Å². The van der Waals surface area contributed by atoms with Crippen molar-refractivity contribution in [3.05, 3.63) is 0 Å². The maximum Gasteiger partial charge on any atom is 0.279 e. The van der Waals surface area contributed by atoms with Crippen LogP contribution in [0, 0.1) is 0 Å². The van der Waals surface area contributed by atoms with Crippen molar-refractivity contribution >= 4 is 14.5 Å². The molecule has 6 heterocycles. The lowest BCUT2D eigenvalue weighted by molar-refractivity contribution is -0.265. The molecule has 2 bridgehead atoms. The SMILES string of the molecule is N[C@]12[C@@]34OP5(=O)[C@@]3(O)[C@]5(CO)O[C@]1(O)P24=O. The highest BCUT2D eigenvalue weighted by atomic mass is 31.2. The third-order valence-electron chi connectivity index (χ3n) is 4.94. The summed E-state index contributed by atoms with van der Waals surface area (Å²) in [6.07, 6.45) is 0. The van der Waals surface area contributed by atoms with Gasteiger partial charge in [0, 0.05) is 0 Å². The van der Waals surface area contributed by atoms with Gasteiger partial charge in [-0.3, -0.25) is 4.57 Å². The number of hydrogen-bond acceptors (Lipinski definition) is 8. The number of ether oxygens (including phenoxy) is 1. The van der Waals surface area contributed by atoms with Crippen LogP contribution in [0.2, 0.25) is 0 Å². The fraction of sp³-hybridized carbons (Fsp3) is 1.00. The number of hydrogen-bond donors (Lipinski definition) is 4. The minimum Gasteiger partial charge on any atom is -0.393 e. The lowest BCUT2D eigenvalue weighted by Gasteiger charge is -2.43. The van der Waals surface area contributed by atoms with Crippen LogP contribution in [0.25, 0.3) is 0 Å². The zero-order chi connectivity index (χ0) is 11.6. The van der Waals surface area contributed by atoms with Crippen molar-refractivity contribution in [2.45, 2.75) is 26.8 Å². The molecule has 6 rings (SSSR count). The maximum atomic E-state index is 12.2. The van der Waals surface area contributed by atoms with Gasteiger partial charge in [0.05, 0.1) is 6.61 Å². The van der Waals surface area contributed by atoms with E-state index >= 15 is 0 Å². The Labute approximate surface area is 88.2 Å². The van der Waals surface area contributed by atoms with E-state index in [1.807, 2.05) is 0 Å². The van der Waals surface area contributed by atoms with Crippen molar-refractivity contribution in [3.63, 3.8) is 0 Å². The van der Waals surface area contributed by atoms with Crippen LogP contribution in [-0.2, 0) is 18.4 Å². The first-order valence-corrected chi connectivity index (χ1v) is 8.02. The fourth-order valence-corrected chi connectivity index (χ4v) is 13.3. The van der Waals surface area contributed by atoms with Gasteiger partial charge in [0.25, 0.3) is 12.9 Å². The number of aliphatic hydroxyl groups excluding tert-OH is 1. The number of aliphatic hydroxyl groups is 3. The summed E-state index contributed by atoms with van der Waals surface area (Å²) in [4.78, 5) is 0. The molecule has 7 atom stereocenters. The van der Waals surface area contributed by atoms with Crippen LogP contribution in [0.1, 0.15) is 0 Å². The Morgan fingerprint density at radius 1 is 1.31 bits per heavy atom. The minimum atomic E-state index is -3.61. The molecule has 6 aliphatic rings. The second-order valence-electron chi connectivity index (χ2n) is 4.99. The van der Waals surface area contributed by atoms with Crippen molar-refractivity contribution in [1.29, 1.82) is 0 Å². The Balaban J connectivity index is 1.87. The van der Waals surface area contributed by atoms with Gasteiger partial charge in [-0.05, 0) is 0 Å². The Morgan fingerprint density at radius 3 is 2.38 bits per heavy atom. The van der Waals surface area contributed by atoms with Crippen LogP contribution in [0.4, 0.5) is 0 Å². The van der Waals surface area contributed by atoms with Gasteiger partial charge in [-0.2, -0.15) is 0 Å². The highest BCUT2D eigenvalue weighted by molar-refractivity contribution is 7.91. The molecule has 6 saturated heterocycles. The summed E-state index contributed by atoms with van der Waals surface area (Å²) in [6, 6.07) is 0. The molecule has 16 heavy (non-hydrogen) atoms. The van der Waals surface area contributed by atoms with Crippen molar-refractivity contribution in [3.8, 4) is 0 Å². The minimum absolute atomic E-state index is 0.763. The molecule has 0 aromatic rings. The summed E-state index contributed by atoms with van der Waals surface area (Å²) in [5.74, 6) is 0. The van der Waals surface area contributed by atoms with E-state index in [0.717, 1.165) is 0 Å². The molecule has 2 unspecified atom stereocenters. The van der Waals surface area contributed by atoms with Crippen molar-refractivity contribution in [1.82, 2.24) is 0 Å². The largest absolute Gasteiger partial charge is 0.393 e. The van der Waals surface area contributed by atoms with E-state index in [1.165, 1.54) is 0 Å². The Morgan fingerprint density at radius 2 is 1.88 bits per heavy atom. The average Bonchev–Trinajstić information content (AvgIpc) is 2.98. The topological polar surface area (TPSA) is 139 Å².